The van der Waals surface area contributed by atoms with Crippen molar-refractivity contribution in [2.75, 3.05) is 0 Å². The minimum absolute atomic E-state index is 0.00986. The molecule has 0 heterocycles. The summed E-state index contributed by atoms with van der Waals surface area (Å²) in [6.45, 7) is 0. The summed E-state index contributed by atoms with van der Waals surface area (Å²) in [5.74, 6) is 0. The minimum atomic E-state index is -3.68. The maximum absolute atomic E-state index is 10.9. The lowest BCUT2D eigenvalue weighted by molar-refractivity contribution is 0.597. The Bertz CT molecular complexity index is 423. The highest BCUT2D eigenvalue weighted by atomic mass is 79.9. The third kappa shape index (κ3) is 2.66. The standard InChI is InChI=1S/C6H4Br2ClNO2S/c7-4-1-3(13(10,11)12)2-5(8)6(4)9/h1-2H,(H2,10,11,12). The van der Waals surface area contributed by atoms with Crippen LogP contribution in [0.2, 0.25) is 5.02 Å². The number of nitrogens with two attached hydrogens (primary N) is 1. The lowest BCUT2D eigenvalue weighted by atomic mass is 10.4. The molecule has 1 aromatic carbocycles. The molecule has 0 aliphatic carbocycles. The molecule has 3 nitrogen and oxygen atoms in total. The van der Waals surface area contributed by atoms with Crippen molar-refractivity contribution in [2.45, 2.75) is 4.90 Å². The van der Waals surface area contributed by atoms with Gasteiger partial charge in [0, 0.05) is 8.95 Å². The predicted octanol–water partition coefficient (Wildman–Crippen LogP) is 2.51. The molecule has 0 atom stereocenters. The molecular formula is C6H4Br2ClNO2S. The Labute approximate surface area is 97.6 Å². The molecule has 0 spiro atoms. The molecule has 13 heavy (non-hydrogen) atoms. The lowest BCUT2D eigenvalue weighted by Crippen LogP contribution is -2.12. The second-order valence-electron chi connectivity index (χ2n) is 2.25. The zero-order valence-electron chi connectivity index (χ0n) is 6.09. The van der Waals surface area contributed by atoms with Crippen LogP contribution in [0.15, 0.2) is 26.0 Å². The van der Waals surface area contributed by atoms with E-state index in [1.807, 2.05) is 0 Å². The zero-order valence-corrected chi connectivity index (χ0v) is 10.8. The maximum atomic E-state index is 10.9. The third-order valence-corrected chi connectivity index (χ3v) is 4.29. The summed E-state index contributed by atoms with van der Waals surface area (Å²) in [4.78, 5) is 0.00986. The Morgan fingerprint density at radius 2 is 1.62 bits per heavy atom. The van der Waals surface area contributed by atoms with Gasteiger partial charge in [-0.05, 0) is 44.0 Å². The average Bonchev–Trinajstić information content (AvgIpc) is 1.97. The van der Waals surface area contributed by atoms with E-state index in [1.54, 1.807) is 0 Å². The number of rotatable bonds is 1. The normalized spacial score (nSPS) is 11.7. The van der Waals surface area contributed by atoms with Crippen LogP contribution in [0.3, 0.4) is 0 Å². The highest BCUT2D eigenvalue weighted by molar-refractivity contribution is 9.11. The summed E-state index contributed by atoms with van der Waals surface area (Å²) in [6, 6.07) is 2.70. The van der Waals surface area contributed by atoms with Gasteiger partial charge in [0.2, 0.25) is 10.0 Å². The van der Waals surface area contributed by atoms with Gasteiger partial charge < -0.3 is 0 Å². The number of benzene rings is 1. The topological polar surface area (TPSA) is 60.2 Å². The fourth-order valence-electron chi connectivity index (χ4n) is 0.697. The Balaban J connectivity index is 3.47. The van der Waals surface area contributed by atoms with Crippen molar-refractivity contribution in [3.05, 3.63) is 26.1 Å². The summed E-state index contributed by atoms with van der Waals surface area (Å²) >= 11 is 12.0. The van der Waals surface area contributed by atoms with E-state index in [9.17, 15) is 8.42 Å². The molecule has 1 aromatic rings. The van der Waals surface area contributed by atoms with E-state index >= 15 is 0 Å². The Morgan fingerprint density at radius 1 is 1.23 bits per heavy atom. The van der Waals surface area contributed by atoms with E-state index in [-0.39, 0.29) is 4.90 Å². The molecule has 0 saturated carbocycles. The van der Waals surface area contributed by atoms with Crippen molar-refractivity contribution in [3.8, 4) is 0 Å². The summed E-state index contributed by atoms with van der Waals surface area (Å²) in [5.41, 5.74) is 0. The first kappa shape index (κ1) is 11.5. The molecule has 2 N–H and O–H groups in total. The number of sulfonamides is 1. The van der Waals surface area contributed by atoms with Crippen molar-refractivity contribution < 1.29 is 8.42 Å². The summed E-state index contributed by atoms with van der Waals surface area (Å²) < 4.78 is 22.8. The Kier molecular flexibility index (Phi) is 3.40. The molecule has 0 aromatic heterocycles. The Hall–Kier alpha value is 0.380. The van der Waals surface area contributed by atoms with Gasteiger partial charge in [0.25, 0.3) is 0 Å². The molecule has 7 heteroatoms. The first-order valence-electron chi connectivity index (χ1n) is 2.99. The molecule has 0 fully saturated rings. The minimum Gasteiger partial charge on any atom is -0.225 e. The quantitative estimate of drug-likeness (QED) is 0.792. The van der Waals surface area contributed by atoms with Gasteiger partial charge in [-0.1, -0.05) is 11.6 Å². The summed E-state index contributed by atoms with van der Waals surface area (Å²) in [6.07, 6.45) is 0. The van der Waals surface area contributed by atoms with Gasteiger partial charge in [-0.3, -0.25) is 0 Å². The van der Waals surface area contributed by atoms with Gasteiger partial charge in [0.15, 0.2) is 0 Å². The molecule has 0 aliphatic heterocycles. The second kappa shape index (κ2) is 3.86. The van der Waals surface area contributed by atoms with E-state index in [0.29, 0.717) is 14.0 Å². The average molecular weight is 349 g/mol. The Morgan fingerprint density at radius 3 is 1.92 bits per heavy atom. The van der Waals surface area contributed by atoms with Crippen LogP contribution in [0.25, 0.3) is 0 Å². The number of hydrogen-bond donors (Lipinski definition) is 1. The van der Waals surface area contributed by atoms with E-state index in [1.165, 1.54) is 12.1 Å². The first-order valence-corrected chi connectivity index (χ1v) is 6.51. The van der Waals surface area contributed by atoms with Crippen LogP contribution in [-0.4, -0.2) is 8.42 Å². The SMILES string of the molecule is NS(=O)(=O)c1cc(Br)c(Cl)c(Br)c1. The molecule has 0 radical (unpaired) electrons. The van der Waals surface area contributed by atoms with Gasteiger partial charge in [-0.2, -0.15) is 0 Å². The van der Waals surface area contributed by atoms with Crippen LogP contribution >= 0.6 is 43.5 Å². The second-order valence-corrected chi connectivity index (χ2v) is 5.89. The van der Waals surface area contributed by atoms with Gasteiger partial charge in [0.05, 0.1) is 9.92 Å². The summed E-state index contributed by atoms with van der Waals surface area (Å²) in [5, 5.41) is 5.34. The number of primary sulfonamides is 1. The van der Waals surface area contributed by atoms with Crippen molar-refractivity contribution in [2.24, 2.45) is 5.14 Å². The molecule has 0 aliphatic rings. The number of halogens is 3. The van der Waals surface area contributed by atoms with Crippen LogP contribution in [0.5, 0.6) is 0 Å². The lowest BCUT2D eigenvalue weighted by Gasteiger charge is -2.02. The van der Waals surface area contributed by atoms with Gasteiger partial charge in [-0.15, -0.1) is 0 Å². The predicted molar refractivity (Wildman–Crippen MR) is 58.2 cm³/mol. The summed E-state index contributed by atoms with van der Waals surface area (Å²) in [7, 11) is -3.68. The molecule has 1 rings (SSSR count). The largest absolute Gasteiger partial charge is 0.238 e. The van der Waals surface area contributed by atoms with Crippen LogP contribution < -0.4 is 5.14 Å². The molecule has 72 valence electrons. The van der Waals surface area contributed by atoms with Gasteiger partial charge in [0.1, 0.15) is 0 Å². The van der Waals surface area contributed by atoms with Gasteiger partial charge in [-0.25, -0.2) is 13.6 Å². The van der Waals surface area contributed by atoms with Crippen LogP contribution in [0.4, 0.5) is 0 Å². The molecule has 0 unspecified atom stereocenters. The molecular weight excluding hydrogens is 345 g/mol. The van der Waals surface area contributed by atoms with Crippen molar-refractivity contribution in [1.29, 1.82) is 0 Å². The van der Waals surface area contributed by atoms with Crippen LogP contribution in [-0.2, 0) is 10.0 Å². The highest BCUT2D eigenvalue weighted by Crippen LogP contribution is 2.32. The smallest absolute Gasteiger partial charge is 0.225 e. The van der Waals surface area contributed by atoms with Crippen molar-refractivity contribution in [1.82, 2.24) is 0 Å². The van der Waals surface area contributed by atoms with Crippen molar-refractivity contribution >= 4 is 53.5 Å². The maximum Gasteiger partial charge on any atom is 0.238 e. The van der Waals surface area contributed by atoms with Crippen molar-refractivity contribution in [3.63, 3.8) is 0 Å². The van der Waals surface area contributed by atoms with E-state index in [0.717, 1.165) is 0 Å². The fraction of sp³-hybridized carbons (Fsp3) is 0. The van der Waals surface area contributed by atoms with Crippen LogP contribution in [0.1, 0.15) is 0 Å². The molecule has 0 amide bonds. The van der Waals surface area contributed by atoms with E-state index in [4.69, 9.17) is 16.7 Å². The zero-order chi connectivity index (χ0) is 10.2. The third-order valence-electron chi connectivity index (χ3n) is 1.29. The monoisotopic (exact) mass is 347 g/mol. The van der Waals surface area contributed by atoms with E-state index in [2.05, 4.69) is 31.9 Å². The first-order chi connectivity index (χ1) is 5.82. The van der Waals surface area contributed by atoms with Gasteiger partial charge >= 0.3 is 0 Å². The van der Waals surface area contributed by atoms with Crippen LogP contribution in [0, 0.1) is 0 Å². The highest BCUT2D eigenvalue weighted by Gasteiger charge is 2.12. The number of hydrogen-bond acceptors (Lipinski definition) is 2. The molecule has 0 saturated heterocycles. The van der Waals surface area contributed by atoms with E-state index < -0.39 is 10.0 Å². The molecule has 0 bridgehead atoms. The fourth-order valence-corrected chi connectivity index (χ4v) is 2.86.